The number of rotatable bonds is 5. The molecule has 0 fully saturated rings. The van der Waals surface area contributed by atoms with Crippen LogP contribution < -0.4 is 16.4 Å². The number of aromatic nitrogens is 1. The Balaban J connectivity index is 1.68. The number of non-ortho nitro benzene ring substituents is 1. The van der Waals surface area contributed by atoms with Gasteiger partial charge in [0.05, 0.1) is 34.5 Å². The van der Waals surface area contributed by atoms with Crippen LogP contribution in [0.2, 0.25) is 0 Å². The molecule has 1 aliphatic heterocycles. The van der Waals surface area contributed by atoms with Crippen molar-refractivity contribution in [2.75, 3.05) is 11.9 Å². The summed E-state index contributed by atoms with van der Waals surface area (Å²) < 4.78 is 11.2. The molecule has 12 nitrogen and oxygen atoms in total. The number of carbonyl (C=O) groups excluding carboxylic acids is 2. The lowest BCUT2D eigenvalue weighted by molar-refractivity contribution is -0.384. The maximum absolute atomic E-state index is 12.9. The summed E-state index contributed by atoms with van der Waals surface area (Å²) in [6, 6.07) is 10.7. The number of nitrogens with one attached hydrogen (secondary N) is 2. The Bertz CT molecular complexity index is 1450. The summed E-state index contributed by atoms with van der Waals surface area (Å²) in [7, 11) is 0. The number of hydrogen-bond donors (Lipinski definition) is 2. The number of oxazole rings is 1. The summed E-state index contributed by atoms with van der Waals surface area (Å²) in [5.74, 6) is -2.26. The van der Waals surface area contributed by atoms with Gasteiger partial charge in [0.2, 0.25) is 5.91 Å². The molecule has 0 bridgehead atoms. The van der Waals surface area contributed by atoms with Crippen molar-refractivity contribution in [1.29, 1.82) is 0 Å². The van der Waals surface area contributed by atoms with Crippen LogP contribution in [0.5, 0.6) is 0 Å². The highest BCUT2D eigenvalue weighted by Crippen LogP contribution is 2.30. The van der Waals surface area contributed by atoms with Gasteiger partial charge >= 0.3 is 11.7 Å². The van der Waals surface area contributed by atoms with E-state index in [-0.39, 0.29) is 34.8 Å². The first-order valence-electron chi connectivity index (χ1n) is 10.2. The van der Waals surface area contributed by atoms with Gasteiger partial charge in [0, 0.05) is 11.8 Å². The van der Waals surface area contributed by atoms with E-state index in [9.17, 15) is 24.5 Å². The van der Waals surface area contributed by atoms with Crippen molar-refractivity contribution >= 4 is 45.9 Å². The second-order valence-corrected chi connectivity index (χ2v) is 7.23. The summed E-state index contributed by atoms with van der Waals surface area (Å²) >= 11 is 0. The van der Waals surface area contributed by atoms with Crippen molar-refractivity contribution in [2.24, 2.45) is 4.99 Å². The number of allylic oxidation sites excluding steroid dienone is 1. The molecule has 0 saturated heterocycles. The van der Waals surface area contributed by atoms with Crippen molar-refractivity contribution in [3.8, 4) is 0 Å². The van der Waals surface area contributed by atoms with Gasteiger partial charge in [0.15, 0.2) is 5.58 Å². The molecule has 1 aromatic heterocycles. The zero-order chi connectivity index (χ0) is 24.4. The third kappa shape index (κ3) is 4.28. The van der Waals surface area contributed by atoms with Gasteiger partial charge in [0.1, 0.15) is 18.0 Å². The third-order valence-electron chi connectivity index (χ3n) is 4.97. The van der Waals surface area contributed by atoms with Crippen LogP contribution in [-0.2, 0) is 20.9 Å². The number of para-hydroxylation sites is 2. The molecule has 3 aromatic rings. The number of ether oxygens (including phenoxy) is 1. The molecule has 12 heteroatoms. The first kappa shape index (κ1) is 22.5. The van der Waals surface area contributed by atoms with E-state index in [0.29, 0.717) is 17.1 Å². The number of nitro groups is 1. The number of carbonyl (C=O) groups is 2. The number of hydrogen-bond acceptors (Lipinski definition) is 9. The topological polar surface area (TPSA) is 158 Å². The minimum Gasteiger partial charge on any atom is -0.462 e. The molecule has 0 saturated carbocycles. The number of esters is 1. The van der Waals surface area contributed by atoms with E-state index in [1.807, 2.05) is 0 Å². The van der Waals surface area contributed by atoms with Crippen molar-refractivity contribution in [3.05, 3.63) is 74.4 Å². The average Bonchev–Trinajstić information content (AvgIpc) is 3.00. The maximum atomic E-state index is 12.9. The first-order valence-corrected chi connectivity index (χ1v) is 10.2. The van der Waals surface area contributed by atoms with Crippen LogP contribution in [-0.4, -0.2) is 33.8 Å². The van der Waals surface area contributed by atoms with Gasteiger partial charge in [-0.25, -0.2) is 14.6 Å². The lowest BCUT2D eigenvalue weighted by atomic mass is 10.2. The summed E-state index contributed by atoms with van der Waals surface area (Å²) in [6.45, 7) is 2.94. The van der Waals surface area contributed by atoms with Gasteiger partial charge in [-0.15, -0.1) is 0 Å². The third-order valence-corrected chi connectivity index (χ3v) is 4.97. The predicted molar refractivity (Wildman–Crippen MR) is 122 cm³/mol. The second kappa shape index (κ2) is 9.02. The van der Waals surface area contributed by atoms with E-state index in [1.165, 1.54) is 12.1 Å². The van der Waals surface area contributed by atoms with Crippen molar-refractivity contribution < 1.29 is 23.7 Å². The normalized spacial score (nSPS) is 12.9. The number of nitro benzene ring substituents is 1. The van der Waals surface area contributed by atoms with E-state index in [2.05, 4.69) is 15.6 Å². The van der Waals surface area contributed by atoms with Crippen LogP contribution in [0, 0.1) is 10.1 Å². The molecule has 1 aliphatic rings. The van der Waals surface area contributed by atoms with Crippen molar-refractivity contribution in [3.63, 3.8) is 0 Å². The van der Waals surface area contributed by atoms with Crippen LogP contribution in [0.25, 0.3) is 11.1 Å². The first-order chi connectivity index (χ1) is 16.3. The van der Waals surface area contributed by atoms with Gasteiger partial charge < -0.3 is 19.8 Å². The molecule has 0 radical (unpaired) electrons. The molecule has 0 spiro atoms. The summed E-state index contributed by atoms with van der Waals surface area (Å²) in [6.07, 6.45) is 0. The summed E-state index contributed by atoms with van der Waals surface area (Å²) in [5, 5.41) is 16.6. The number of benzene rings is 2. The van der Waals surface area contributed by atoms with Crippen LogP contribution >= 0.6 is 0 Å². The molecule has 2 N–H and O–H groups in total. The largest absolute Gasteiger partial charge is 0.462 e. The monoisotopic (exact) mass is 465 g/mol. The Labute approximate surface area is 191 Å². The average molecular weight is 465 g/mol. The molecule has 34 heavy (non-hydrogen) atoms. The number of anilines is 1. The number of nitrogens with zero attached hydrogens (tertiary/aromatic N) is 3. The number of aliphatic imine (C=N–C) groups is 1. The van der Waals surface area contributed by atoms with Gasteiger partial charge in [-0.05, 0) is 32.0 Å². The molecule has 2 heterocycles. The Morgan fingerprint density at radius 3 is 2.76 bits per heavy atom. The van der Waals surface area contributed by atoms with E-state index in [1.54, 1.807) is 38.1 Å². The lowest BCUT2D eigenvalue weighted by Crippen LogP contribution is -2.38. The van der Waals surface area contributed by atoms with Crippen LogP contribution in [0.1, 0.15) is 13.8 Å². The molecule has 0 atom stereocenters. The standard InChI is InChI=1S/C22H19N5O7/c1-3-33-21(29)19-12(2)23-14-6-4-5-7-15(14)24-20(19)25-18(28)11-26-16-9-8-13(27(31)32)10-17(16)34-22(26)30/h4-10,23H,3,11H2,1-2H3,(H,24,25,28). The zero-order valence-electron chi connectivity index (χ0n) is 18.2. The molecule has 4 rings (SSSR count). The molecule has 0 aliphatic carbocycles. The fourth-order valence-electron chi connectivity index (χ4n) is 3.47. The van der Waals surface area contributed by atoms with Crippen LogP contribution in [0.4, 0.5) is 17.1 Å². The fraction of sp³-hybridized carbons (Fsp3) is 0.182. The van der Waals surface area contributed by atoms with Gasteiger partial charge in [0.25, 0.3) is 5.69 Å². The highest BCUT2D eigenvalue weighted by Gasteiger charge is 2.26. The minimum absolute atomic E-state index is 0.0279. The molecule has 174 valence electrons. The highest BCUT2D eigenvalue weighted by molar-refractivity contribution is 6.24. The van der Waals surface area contributed by atoms with E-state index in [0.717, 1.165) is 10.6 Å². The molecular formula is C22H19N5O7. The SMILES string of the molecule is CCOC(=O)C1=C(C)Nc2ccccc2N=C1NC(=O)Cn1c(=O)oc2cc([N+](=O)[O-])ccc21. The Hall–Kier alpha value is -4.74. The Morgan fingerprint density at radius 2 is 2.03 bits per heavy atom. The van der Waals surface area contributed by atoms with Crippen LogP contribution in [0.15, 0.2) is 67.9 Å². The van der Waals surface area contributed by atoms with E-state index >= 15 is 0 Å². The van der Waals surface area contributed by atoms with Gasteiger partial charge in [-0.1, -0.05) is 12.1 Å². The number of fused-ring (bicyclic) bond motifs is 2. The maximum Gasteiger partial charge on any atom is 0.420 e. The smallest absolute Gasteiger partial charge is 0.420 e. The highest BCUT2D eigenvalue weighted by atomic mass is 16.6. The van der Waals surface area contributed by atoms with Gasteiger partial charge in [-0.3, -0.25) is 19.5 Å². The minimum atomic E-state index is -0.863. The Kier molecular flexibility index (Phi) is 5.95. The zero-order valence-corrected chi connectivity index (χ0v) is 18.2. The quantitative estimate of drug-likeness (QED) is 0.331. The van der Waals surface area contributed by atoms with E-state index in [4.69, 9.17) is 9.15 Å². The Morgan fingerprint density at radius 1 is 1.26 bits per heavy atom. The number of amides is 1. The predicted octanol–water partition coefficient (Wildman–Crippen LogP) is 2.61. The fourth-order valence-corrected chi connectivity index (χ4v) is 3.47. The number of amidine groups is 1. The summed E-state index contributed by atoms with van der Waals surface area (Å²) in [5.41, 5.74) is 1.49. The molecule has 2 aromatic carbocycles. The van der Waals surface area contributed by atoms with Crippen molar-refractivity contribution in [2.45, 2.75) is 20.4 Å². The molecular weight excluding hydrogens is 446 g/mol. The summed E-state index contributed by atoms with van der Waals surface area (Å²) in [4.78, 5) is 52.6. The molecule has 0 unspecified atom stereocenters. The van der Waals surface area contributed by atoms with E-state index < -0.39 is 29.1 Å². The molecule has 1 amide bonds. The second-order valence-electron chi connectivity index (χ2n) is 7.23. The van der Waals surface area contributed by atoms with Crippen LogP contribution in [0.3, 0.4) is 0 Å². The van der Waals surface area contributed by atoms with Crippen molar-refractivity contribution in [1.82, 2.24) is 9.88 Å². The lowest BCUT2D eigenvalue weighted by Gasteiger charge is -2.13. The van der Waals surface area contributed by atoms with Gasteiger partial charge in [-0.2, -0.15) is 0 Å².